The molecule has 1 amide bonds. The van der Waals surface area contributed by atoms with Gasteiger partial charge in [0.15, 0.2) is 0 Å². The van der Waals surface area contributed by atoms with Gasteiger partial charge >= 0.3 is 0 Å². The van der Waals surface area contributed by atoms with E-state index in [0.717, 1.165) is 13.1 Å². The van der Waals surface area contributed by atoms with Crippen LogP contribution in [0.15, 0.2) is 23.1 Å². The van der Waals surface area contributed by atoms with Gasteiger partial charge in [0, 0.05) is 24.8 Å². The molecule has 1 aromatic rings. The lowest BCUT2D eigenvalue weighted by Crippen LogP contribution is -2.63. The summed E-state index contributed by atoms with van der Waals surface area (Å²) in [4.78, 5) is 14.5. The fourth-order valence-corrected chi connectivity index (χ4v) is 3.37. The molecule has 0 bridgehead atoms. The largest absolute Gasteiger partial charge is 0.398 e. The Hall–Kier alpha value is -1.64. The van der Waals surface area contributed by atoms with Gasteiger partial charge in [0.25, 0.3) is 5.91 Å². The number of nitrogen functional groups attached to an aromatic ring is 1. The number of nitrogens with zero attached hydrogens (tertiary/aromatic N) is 1. The van der Waals surface area contributed by atoms with E-state index in [-0.39, 0.29) is 28.1 Å². The van der Waals surface area contributed by atoms with Crippen molar-refractivity contribution in [1.29, 1.82) is 0 Å². The molecule has 1 saturated carbocycles. The van der Waals surface area contributed by atoms with Crippen molar-refractivity contribution in [2.24, 2.45) is 5.14 Å². The molecule has 1 aliphatic heterocycles. The van der Waals surface area contributed by atoms with Crippen LogP contribution in [0.3, 0.4) is 0 Å². The molecule has 0 unspecified atom stereocenters. The maximum absolute atomic E-state index is 12.3. The number of nitrogens with one attached hydrogen (secondary N) is 1. The van der Waals surface area contributed by atoms with Crippen LogP contribution in [0.4, 0.5) is 5.69 Å². The fraction of sp³-hybridized carbons (Fsp3) is 0.500. The predicted octanol–water partition coefficient (Wildman–Crippen LogP) is -0.117. The maximum atomic E-state index is 12.3. The zero-order valence-corrected chi connectivity index (χ0v) is 13.0. The Balaban J connectivity index is 1.65. The van der Waals surface area contributed by atoms with Crippen molar-refractivity contribution in [2.45, 2.75) is 36.2 Å². The van der Waals surface area contributed by atoms with Crippen LogP contribution in [0.25, 0.3) is 0 Å². The summed E-state index contributed by atoms with van der Waals surface area (Å²) in [5, 5.41) is 7.97. The first-order chi connectivity index (χ1) is 10.3. The minimum absolute atomic E-state index is 0.0886. The van der Waals surface area contributed by atoms with E-state index >= 15 is 0 Å². The summed E-state index contributed by atoms with van der Waals surface area (Å²) in [6.45, 7) is 1.68. The highest BCUT2D eigenvalue weighted by Gasteiger charge is 2.35. The third kappa shape index (κ3) is 2.94. The standard InChI is InChI=1S/C14H20N4O3S/c15-13-5-4-11(22(16,20)21)6-12(13)14(19)17-9-7-18(8-9)10-2-1-3-10/h4-6,9-10H,1-3,7-8,15H2,(H,17,19)(H2,16,20,21). The van der Waals surface area contributed by atoms with Crippen LogP contribution >= 0.6 is 0 Å². The Kier molecular flexibility index (Phi) is 3.84. The van der Waals surface area contributed by atoms with Crippen molar-refractivity contribution in [3.63, 3.8) is 0 Å². The summed E-state index contributed by atoms with van der Waals surface area (Å²) in [5.41, 5.74) is 6.15. The molecule has 0 atom stereocenters. The molecular weight excluding hydrogens is 304 g/mol. The number of hydrogen-bond acceptors (Lipinski definition) is 5. The van der Waals surface area contributed by atoms with Crippen LogP contribution in [-0.2, 0) is 10.0 Å². The highest BCUT2D eigenvalue weighted by molar-refractivity contribution is 7.89. The summed E-state index contributed by atoms with van der Waals surface area (Å²) in [5.74, 6) is -0.360. The number of carbonyl (C=O) groups is 1. The Morgan fingerprint density at radius 3 is 2.50 bits per heavy atom. The minimum atomic E-state index is -3.86. The van der Waals surface area contributed by atoms with Crippen molar-refractivity contribution < 1.29 is 13.2 Å². The number of carbonyl (C=O) groups excluding carboxylic acids is 1. The lowest BCUT2D eigenvalue weighted by Gasteiger charge is -2.47. The molecule has 0 spiro atoms. The quantitative estimate of drug-likeness (QED) is 0.667. The molecule has 22 heavy (non-hydrogen) atoms. The van der Waals surface area contributed by atoms with Crippen LogP contribution in [-0.4, -0.2) is 44.4 Å². The average Bonchev–Trinajstić information content (AvgIpc) is 2.32. The van der Waals surface area contributed by atoms with Crippen molar-refractivity contribution >= 4 is 21.6 Å². The van der Waals surface area contributed by atoms with Gasteiger partial charge in [0.05, 0.1) is 16.5 Å². The molecule has 2 aliphatic rings. The van der Waals surface area contributed by atoms with Gasteiger partial charge in [-0.3, -0.25) is 9.69 Å². The molecule has 2 fully saturated rings. The molecule has 1 heterocycles. The first-order valence-electron chi connectivity index (χ1n) is 7.32. The number of amides is 1. The molecule has 120 valence electrons. The molecule has 1 aromatic carbocycles. The Morgan fingerprint density at radius 1 is 1.27 bits per heavy atom. The van der Waals surface area contributed by atoms with E-state index in [0.29, 0.717) is 6.04 Å². The Labute approximate surface area is 129 Å². The van der Waals surface area contributed by atoms with Crippen molar-refractivity contribution in [1.82, 2.24) is 10.2 Å². The zero-order valence-electron chi connectivity index (χ0n) is 12.2. The summed E-state index contributed by atoms with van der Waals surface area (Å²) < 4.78 is 22.7. The molecule has 0 aromatic heterocycles. The molecule has 8 heteroatoms. The number of nitrogens with two attached hydrogens (primary N) is 2. The second-order valence-electron chi connectivity index (χ2n) is 6.00. The van der Waals surface area contributed by atoms with Gasteiger partial charge in [-0.1, -0.05) is 6.42 Å². The smallest absolute Gasteiger partial charge is 0.253 e. The lowest BCUT2D eigenvalue weighted by molar-refractivity contribution is 0.0346. The van der Waals surface area contributed by atoms with Gasteiger partial charge in [-0.15, -0.1) is 0 Å². The molecule has 0 radical (unpaired) electrons. The SMILES string of the molecule is Nc1ccc(S(N)(=O)=O)cc1C(=O)NC1CN(C2CCC2)C1. The second kappa shape index (κ2) is 5.53. The van der Waals surface area contributed by atoms with Gasteiger partial charge in [0.2, 0.25) is 10.0 Å². The fourth-order valence-electron chi connectivity index (χ4n) is 2.83. The van der Waals surface area contributed by atoms with Crippen molar-refractivity contribution in [3.05, 3.63) is 23.8 Å². The predicted molar refractivity (Wildman–Crippen MR) is 82.7 cm³/mol. The highest BCUT2D eigenvalue weighted by Crippen LogP contribution is 2.28. The number of rotatable bonds is 4. The van der Waals surface area contributed by atoms with E-state index in [1.807, 2.05) is 0 Å². The van der Waals surface area contributed by atoms with E-state index in [4.69, 9.17) is 10.9 Å². The van der Waals surface area contributed by atoms with Crippen LogP contribution < -0.4 is 16.2 Å². The molecule has 7 nitrogen and oxygen atoms in total. The summed E-state index contributed by atoms with van der Waals surface area (Å²) in [6, 6.07) is 4.66. The van der Waals surface area contributed by atoms with E-state index in [1.54, 1.807) is 0 Å². The van der Waals surface area contributed by atoms with Gasteiger partial charge in [0.1, 0.15) is 0 Å². The number of primary sulfonamides is 1. The molecule has 5 N–H and O–H groups in total. The first kappa shape index (κ1) is 15.3. The summed E-state index contributed by atoms with van der Waals surface area (Å²) in [6.07, 6.45) is 3.77. The molecule has 3 rings (SSSR count). The average molecular weight is 324 g/mol. The van der Waals surface area contributed by atoms with Crippen molar-refractivity contribution in [2.75, 3.05) is 18.8 Å². The van der Waals surface area contributed by atoms with Gasteiger partial charge < -0.3 is 11.1 Å². The van der Waals surface area contributed by atoms with Crippen LogP contribution in [0.1, 0.15) is 29.6 Å². The topological polar surface area (TPSA) is 119 Å². The van der Waals surface area contributed by atoms with Crippen LogP contribution in [0.2, 0.25) is 0 Å². The number of sulfonamides is 1. The third-order valence-electron chi connectivity index (χ3n) is 4.43. The summed E-state index contributed by atoms with van der Waals surface area (Å²) in [7, 11) is -3.86. The first-order valence-corrected chi connectivity index (χ1v) is 8.86. The monoisotopic (exact) mass is 324 g/mol. The number of anilines is 1. The number of benzene rings is 1. The Bertz CT molecular complexity index is 694. The van der Waals surface area contributed by atoms with Crippen LogP contribution in [0.5, 0.6) is 0 Å². The van der Waals surface area contributed by atoms with E-state index in [2.05, 4.69) is 10.2 Å². The number of hydrogen-bond donors (Lipinski definition) is 3. The van der Waals surface area contributed by atoms with Gasteiger partial charge in [-0.05, 0) is 31.0 Å². The van der Waals surface area contributed by atoms with E-state index in [9.17, 15) is 13.2 Å². The van der Waals surface area contributed by atoms with Gasteiger partial charge in [-0.25, -0.2) is 13.6 Å². The lowest BCUT2D eigenvalue weighted by atomic mass is 9.88. The van der Waals surface area contributed by atoms with Crippen LogP contribution in [0, 0.1) is 0 Å². The minimum Gasteiger partial charge on any atom is -0.398 e. The third-order valence-corrected chi connectivity index (χ3v) is 5.35. The highest BCUT2D eigenvalue weighted by atomic mass is 32.2. The Morgan fingerprint density at radius 2 is 1.95 bits per heavy atom. The van der Waals surface area contributed by atoms with Crippen molar-refractivity contribution in [3.8, 4) is 0 Å². The second-order valence-corrected chi connectivity index (χ2v) is 7.56. The van der Waals surface area contributed by atoms with E-state index in [1.165, 1.54) is 37.5 Å². The molecule has 1 aliphatic carbocycles. The summed E-state index contributed by atoms with van der Waals surface area (Å²) >= 11 is 0. The molecule has 1 saturated heterocycles. The van der Waals surface area contributed by atoms with Gasteiger partial charge in [-0.2, -0.15) is 0 Å². The zero-order chi connectivity index (χ0) is 15.9. The molecular formula is C14H20N4O3S. The van der Waals surface area contributed by atoms with E-state index < -0.39 is 10.0 Å². The number of likely N-dealkylation sites (tertiary alicyclic amines) is 1. The normalized spacial score (nSPS) is 20.2. The maximum Gasteiger partial charge on any atom is 0.253 e.